The van der Waals surface area contributed by atoms with E-state index in [1.54, 1.807) is 0 Å². The van der Waals surface area contributed by atoms with Gasteiger partial charge in [0.05, 0.1) is 12.5 Å². The Morgan fingerprint density at radius 2 is 2.25 bits per heavy atom. The monoisotopic (exact) mass is 231 g/mol. The second kappa shape index (κ2) is 6.44. The van der Waals surface area contributed by atoms with E-state index in [2.05, 4.69) is 5.32 Å². The number of rotatable bonds is 6. The molecule has 0 aromatic rings. The van der Waals surface area contributed by atoms with Crippen molar-refractivity contribution in [3.8, 4) is 0 Å². The largest absolute Gasteiger partial charge is 0.480 e. The maximum Gasteiger partial charge on any atom is 0.326 e. The SMILES string of the molecule is O=C(CC1CCCO1)N[C@H](CCO)C(=O)O. The predicted molar refractivity (Wildman–Crippen MR) is 54.9 cm³/mol. The second-order valence-corrected chi connectivity index (χ2v) is 3.81. The Kier molecular flexibility index (Phi) is 5.21. The summed E-state index contributed by atoms with van der Waals surface area (Å²) in [5.74, 6) is -1.47. The highest BCUT2D eigenvalue weighted by Gasteiger charge is 2.23. The van der Waals surface area contributed by atoms with Gasteiger partial charge in [-0.25, -0.2) is 4.79 Å². The third kappa shape index (κ3) is 4.16. The number of carboxylic acid groups (broad SMARTS) is 1. The Balaban J connectivity index is 2.32. The van der Waals surface area contributed by atoms with Crippen molar-refractivity contribution in [2.24, 2.45) is 0 Å². The molecule has 1 aliphatic heterocycles. The van der Waals surface area contributed by atoms with Crippen molar-refractivity contribution in [2.75, 3.05) is 13.2 Å². The van der Waals surface area contributed by atoms with Gasteiger partial charge in [-0.15, -0.1) is 0 Å². The lowest BCUT2D eigenvalue weighted by molar-refractivity contribution is -0.142. The minimum atomic E-state index is -1.13. The van der Waals surface area contributed by atoms with E-state index in [-0.39, 0.29) is 31.5 Å². The first-order valence-corrected chi connectivity index (χ1v) is 5.38. The van der Waals surface area contributed by atoms with Gasteiger partial charge in [0.2, 0.25) is 5.91 Å². The minimum absolute atomic E-state index is 0.0204. The lowest BCUT2D eigenvalue weighted by Gasteiger charge is -2.15. The molecule has 1 rings (SSSR count). The standard InChI is InChI=1S/C10H17NO5/c12-4-3-8(10(14)15)11-9(13)6-7-2-1-5-16-7/h7-8,12H,1-6H2,(H,11,13)(H,14,15)/t7?,8-/m1/s1. The molecule has 1 fully saturated rings. The van der Waals surface area contributed by atoms with Gasteiger partial charge in [-0.05, 0) is 12.8 Å². The quantitative estimate of drug-likeness (QED) is 0.573. The van der Waals surface area contributed by atoms with Crippen LogP contribution in [0.5, 0.6) is 0 Å². The molecule has 6 heteroatoms. The fraction of sp³-hybridized carbons (Fsp3) is 0.800. The zero-order valence-corrected chi connectivity index (χ0v) is 9.02. The van der Waals surface area contributed by atoms with Crippen molar-refractivity contribution in [1.29, 1.82) is 0 Å². The molecule has 0 saturated carbocycles. The zero-order valence-electron chi connectivity index (χ0n) is 9.02. The van der Waals surface area contributed by atoms with Gasteiger partial charge >= 0.3 is 5.97 Å². The van der Waals surface area contributed by atoms with Crippen LogP contribution in [0, 0.1) is 0 Å². The summed E-state index contributed by atoms with van der Waals surface area (Å²) in [6, 6.07) is -1.01. The number of hydrogen-bond acceptors (Lipinski definition) is 4. The van der Waals surface area contributed by atoms with Crippen LogP contribution in [0.1, 0.15) is 25.7 Å². The van der Waals surface area contributed by atoms with Crippen LogP contribution in [0.2, 0.25) is 0 Å². The van der Waals surface area contributed by atoms with Gasteiger partial charge in [-0.3, -0.25) is 4.79 Å². The highest BCUT2D eigenvalue weighted by Crippen LogP contribution is 2.15. The van der Waals surface area contributed by atoms with Crippen LogP contribution in [-0.4, -0.2) is 47.4 Å². The summed E-state index contributed by atoms with van der Waals surface area (Å²) in [4.78, 5) is 22.2. The molecule has 6 nitrogen and oxygen atoms in total. The first-order chi connectivity index (χ1) is 7.63. The van der Waals surface area contributed by atoms with Gasteiger partial charge in [0, 0.05) is 19.6 Å². The van der Waals surface area contributed by atoms with Crippen molar-refractivity contribution in [3.05, 3.63) is 0 Å². The van der Waals surface area contributed by atoms with Crippen LogP contribution < -0.4 is 5.32 Å². The smallest absolute Gasteiger partial charge is 0.326 e. The van der Waals surface area contributed by atoms with Crippen LogP contribution in [-0.2, 0) is 14.3 Å². The first-order valence-electron chi connectivity index (χ1n) is 5.38. The molecule has 1 saturated heterocycles. The molecular formula is C10H17NO5. The molecule has 0 bridgehead atoms. The number of aliphatic carboxylic acids is 1. The van der Waals surface area contributed by atoms with Gasteiger partial charge in [-0.1, -0.05) is 0 Å². The van der Waals surface area contributed by atoms with E-state index in [0.717, 1.165) is 12.8 Å². The molecule has 0 radical (unpaired) electrons. The van der Waals surface area contributed by atoms with E-state index in [1.165, 1.54) is 0 Å². The average molecular weight is 231 g/mol. The number of aliphatic hydroxyl groups is 1. The molecule has 0 aromatic carbocycles. The van der Waals surface area contributed by atoms with Gasteiger partial charge < -0.3 is 20.3 Å². The molecule has 2 atom stereocenters. The Morgan fingerprint density at radius 1 is 1.50 bits per heavy atom. The fourth-order valence-electron chi connectivity index (χ4n) is 1.65. The zero-order chi connectivity index (χ0) is 12.0. The highest BCUT2D eigenvalue weighted by atomic mass is 16.5. The topological polar surface area (TPSA) is 95.9 Å². The fourth-order valence-corrected chi connectivity index (χ4v) is 1.65. The van der Waals surface area contributed by atoms with Crippen LogP contribution in [0.25, 0.3) is 0 Å². The molecule has 16 heavy (non-hydrogen) atoms. The van der Waals surface area contributed by atoms with E-state index in [9.17, 15) is 9.59 Å². The Labute approximate surface area is 93.6 Å². The number of carboxylic acids is 1. The van der Waals surface area contributed by atoms with Crippen LogP contribution >= 0.6 is 0 Å². The number of carbonyl (C=O) groups excluding carboxylic acids is 1. The number of ether oxygens (including phenoxy) is 1. The summed E-state index contributed by atoms with van der Waals surface area (Å²) in [6.07, 6.45) is 1.90. The molecule has 3 N–H and O–H groups in total. The summed E-state index contributed by atoms with van der Waals surface area (Å²) in [5, 5.41) is 19.8. The predicted octanol–water partition coefficient (Wildman–Crippen LogP) is -0.493. The van der Waals surface area contributed by atoms with E-state index in [1.807, 2.05) is 0 Å². The number of hydrogen-bond donors (Lipinski definition) is 3. The lowest BCUT2D eigenvalue weighted by atomic mass is 10.1. The highest BCUT2D eigenvalue weighted by molar-refractivity contribution is 5.83. The summed E-state index contributed by atoms with van der Waals surface area (Å²) in [5.41, 5.74) is 0. The number of amides is 1. The molecule has 92 valence electrons. The van der Waals surface area contributed by atoms with E-state index in [4.69, 9.17) is 14.9 Å². The third-order valence-corrected chi connectivity index (χ3v) is 2.49. The van der Waals surface area contributed by atoms with E-state index < -0.39 is 12.0 Å². The normalized spacial score (nSPS) is 21.7. The summed E-state index contributed by atoms with van der Waals surface area (Å²) in [7, 11) is 0. The van der Waals surface area contributed by atoms with Crippen LogP contribution in [0.15, 0.2) is 0 Å². The lowest BCUT2D eigenvalue weighted by Crippen LogP contribution is -2.42. The molecule has 1 heterocycles. The summed E-state index contributed by atoms with van der Waals surface area (Å²) >= 11 is 0. The Bertz CT molecular complexity index is 250. The van der Waals surface area contributed by atoms with Crippen molar-refractivity contribution < 1.29 is 24.5 Å². The van der Waals surface area contributed by atoms with E-state index in [0.29, 0.717) is 6.61 Å². The maximum atomic E-state index is 11.5. The molecular weight excluding hydrogens is 214 g/mol. The number of aliphatic hydroxyl groups excluding tert-OH is 1. The molecule has 1 unspecified atom stereocenters. The van der Waals surface area contributed by atoms with Gasteiger partial charge in [0.15, 0.2) is 0 Å². The average Bonchev–Trinajstić information content (AvgIpc) is 2.69. The number of nitrogens with one attached hydrogen (secondary N) is 1. The number of carbonyl (C=O) groups is 2. The molecule has 0 spiro atoms. The third-order valence-electron chi connectivity index (χ3n) is 2.49. The van der Waals surface area contributed by atoms with Gasteiger partial charge in [-0.2, -0.15) is 0 Å². The van der Waals surface area contributed by atoms with Crippen LogP contribution in [0.3, 0.4) is 0 Å². The van der Waals surface area contributed by atoms with E-state index >= 15 is 0 Å². The molecule has 0 aromatic heterocycles. The first kappa shape index (κ1) is 12.9. The summed E-state index contributed by atoms with van der Waals surface area (Å²) < 4.78 is 5.27. The minimum Gasteiger partial charge on any atom is -0.480 e. The van der Waals surface area contributed by atoms with Crippen molar-refractivity contribution >= 4 is 11.9 Å². The van der Waals surface area contributed by atoms with Crippen molar-refractivity contribution in [3.63, 3.8) is 0 Å². The van der Waals surface area contributed by atoms with Crippen LogP contribution in [0.4, 0.5) is 0 Å². The molecule has 1 aliphatic rings. The maximum absolute atomic E-state index is 11.5. The Morgan fingerprint density at radius 3 is 2.75 bits per heavy atom. The van der Waals surface area contributed by atoms with Crippen molar-refractivity contribution in [1.82, 2.24) is 5.32 Å². The van der Waals surface area contributed by atoms with Crippen molar-refractivity contribution in [2.45, 2.75) is 37.8 Å². The summed E-state index contributed by atoms with van der Waals surface area (Å²) in [6.45, 7) is 0.397. The second-order valence-electron chi connectivity index (χ2n) is 3.81. The van der Waals surface area contributed by atoms with Gasteiger partial charge in [0.25, 0.3) is 0 Å². The molecule has 1 amide bonds. The van der Waals surface area contributed by atoms with Gasteiger partial charge in [0.1, 0.15) is 6.04 Å². The molecule has 0 aliphatic carbocycles. The Hall–Kier alpha value is -1.14.